The minimum absolute atomic E-state index is 0.619. The van der Waals surface area contributed by atoms with Crippen molar-refractivity contribution in [3.63, 3.8) is 0 Å². The third kappa shape index (κ3) is 4.76. The molecule has 0 saturated heterocycles. The fourth-order valence-electron chi connectivity index (χ4n) is 5.55. The van der Waals surface area contributed by atoms with Gasteiger partial charge < -0.3 is 0 Å². The van der Waals surface area contributed by atoms with Gasteiger partial charge in [0, 0.05) is 33.2 Å². The molecule has 0 aliphatic rings. The van der Waals surface area contributed by atoms with Crippen LogP contribution in [0, 0.1) is 0 Å². The summed E-state index contributed by atoms with van der Waals surface area (Å²) in [5.74, 6) is 2.60. The largest absolute Gasteiger partial charge is 0.228 e. The summed E-state index contributed by atoms with van der Waals surface area (Å²) in [6, 6.07) is 51.1. The lowest BCUT2D eigenvalue weighted by Crippen LogP contribution is -2.00. The van der Waals surface area contributed by atoms with Gasteiger partial charge in [0.05, 0.1) is 11.2 Å². The van der Waals surface area contributed by atoms with E-state index in [-0.39, 0.29) is 0 Å². The Labute approximate surface area is 254 Å². The van der Waals surface area contributed by atoms with Crippen LogP contribution in [-0.4, -0.2) is 24.9 Å². The SMILES string of the molecule is c1ccc(-c2nc(-c3ccccc3)nc(-c3ccc(-c4nc(-c5cccc6ccccc56)nc5ccccc45)cc3)n2)cc1. The molecule has 8 aromatic rings. The molecule has 0 saturated carbocycles. The second-order valence-electron chi connectivity index (χ2n) is 10.6. The zero-order chi connectivity index (χ0) is 29.3. The maximum Gasteiger partial charge on any atom is 0.164 e. The molecule has 206 valence electrons. The highest BCUT2D eigenvalue weighted by Gasteiger charge is 2.15. The highest BCUT2D eigenvalue weighted by Crippen LogP contribution is 2.33. The zero-order valence-corrected chi connectivity index (χ0v) is 23.7. The summed E-state index contributed by atoms with van der Waals surface area (Å²) >= 11 is 0. The molecule has 5 nitrogen and oxygen atoms in total. The summed E-state index contributed by atoms with van der Waals surface area (Å²) in [5.41, 5.74) is 6.58. The monoisotopic (exact) mass is 563 g/mol. The molecule has 6 aromatic carbocycles. The van der Waals surface area contributed by atoms with Gasteiger partial charge in [-0.05, 0) is 16.8 Å². The molecule has 44 heavy (non-hydrogen) atoms. The van der Waals surface area contributed by atoms with Gasteiger partial charge in [0.2, 0.25) is 0 Å². The van der Waals surface area contributed by atoms with Crippen molar-refractivity contribution in [2.24, 2.45) is 0 Å². The quantitative estimate of drug-likeness (QED) is 0.209. The van der Waals surface area contributed by atoms with Crippen LogP contribution in [0.15, 0.2) is 152 Å². The maximum atomic E-state index is 5.15. The van der Waals surface area contributed by atoms with E-state index in [1.54, 1.807) is 0 Å². The number of hydrogen-bond donors (Lipinski definition) is 0. The van der Waals surface area contributed by atoms with Gasteiger partial charge in [-0.15, -0.1) is 0 Å². The minimum atomic E-state index is 0.619. The van der Waals surface area contributed by atoms with Gasteiger partial charge in [0.15, 0.2) is 23.3 Å². The number of aromatic nitrogens is 5. The Morgan fingerprint density at radius 2 is 0.795 bits per heavy atom. The molecule has 8 rings (SSSR count). The molecule has 0 unspecified atom stereocenters. The van der Waals surface area contributed by atoms with Crippen molar-refractivity contribution in [1.29, 1.82) is 0 Å². The molecule has 0 aliphatic heterocycles. The summed E-state index contributed by atoms with van der Waals surface area (Å²) in [7, 11) is 0. The molecule has 5 heteroatoms. The average molecular weight is 564 g/mol. The average Bonchev–Trinajstić information content (AvgIpc) is 3.11. The van der Waals surface area contributed by atoms with E-state index in [1.165, 1.54) is 0 Å². The van der Waals surface area contributed by atoms with E-state index in [9.17, 15) is 0 Å². The Morgan fingerprint density at radius 1 is 0.295 bits per heavy atom. The molecule has 0 radical (unpaired) electrons. The molecule has 0 atom stereocenters. The second kappa shape index (κ2) is 11.0. The Hall–Kier alpha value is -6.07. The maximum absolute atomic E-state index is 5.15. The molecule has 0 aliphatic carbocycles. The van der Waals surface area contributed by atoms with Gasteiger partial charge in [-0.3, -0.25) is 0 Å². The van der Waals surface area contributed by atoms with Crippen molar-refractivity contribution in [2.75, 3.05) is 0 Å². The van der Waals surface area contributed by atoms with Crippen LogP contribution in [0.5, 0.6) is 0 Å². The van der Waals surface area contributed by atoms with E-state index in [0.29, 0.717) is 23.3 Å². The molecule has 2 heterocycles. The van der Waals surface area contributed by atoms with Crippen LogP contribution in [-0.2, 0) is 0 Å². The van der Waals surface area contributed by atoms with Crippen LogP contribution >= 0.6 is 0 Å². The molecule has 0 amide bonds. The lowest BCUT2D eigenvalue weighted by Gasteiger charge is -2.12. The summed E-state index contributed by atoms with van der Waals surface area (Å²) in [6.07, 6.45) is 0. The fraction of sp³-hybridized carbons (Fsp3) is 0. The van der Waals surface area contributed by atoms with Crippen LogP contribution in [0.1, 0.15) is 0 Å². The standard InChI is InChI=1S/C39H25N5/c1-3-13-28(14-4-1)36-42-37(29-15-5-2-6-16-29)44-38(43-36)30-24-22-27(23-25-30)35-33-19-9-10-21-34(33)40-39(41-35)32-20-11-17-26-12-7-8-18-31(26)32/h1-25H. The Morgan fingerprint density at radius 3 is 1.45 bits per heavy atom. The highest BCUT2D eigenvalue weighted by atomic mass is 15.0. The zero-order valence-electron chi connectivity index (χ0n) is 23.7. The van der Waals surface area contributed by atoms with E-state index in [0.717, 1.165) is 55.2 Å². The number of fused-ring (bicyclic) bond motifs is 2. The van der Waals surface area contributed by atoms with E-state index >= 15 is 0 Å². The van der Waals surface area contributed by atoms with Crippen molar-refractivity contribution in [1.82, 2.24) is 24.9 Å². The third-order valence-electron chi connectivity index (χ3n) is 7.75. The van der Waals surface area contributed by atoms with Crippen LogP contribution in [0.3, 0.4) is 0 Å². The van der Waals surface area contributed by atoms with Crippen molar-refractivity contribution in [3.05, 3.63) is 152 Å². The molecular formula is C39H25N5. The predicted octanol–water partition coefficient (Wildman–Crippen LogP) is 9.30. The topological polar surface area (TPSA) is 64.5 Å². The van der Waals surface area contributed by atoms with Crippen LogP contribution in [0.25, 0.3) is 78.5 Å². The summed E-state index contributed by atoms with van der Waals surface area (Å²) in [6.45, 7) is 0. The van der Waals surface area contributed by atoms with Crippen molar-refractivity contribution in [2.45, 2.75) is 0 Å². The number of nitrogens with zero attached hydrogens (tertiary/aromatic N) is 5. The Bertz CT molecular complexity index is 2200. The van der Waals surface area contributed by atoms with Gasteiger partial charge in [-0.2, -0.15) is 0 Å². The molecule has 0 N–H and O–H groups in total. The highest BCUT2D eigenvalue weighted by molar-refractivity contribution is 5.98. The van der Waals surface area contributed by atoms with Crippen LogP contribution in [0.2, 0.25) is 0 Å². The van der Waals surface area contributed by atoms with E-state index in [4.69, 9.17) is 24.9 Å². The van der Waals surface area contributed by atoms with Gasteiger partial charge in [-0.1, -0.05) is 146 Å². The third-order valence-corrected chi connectivity index (χ3v) is 7.75. The first-order valence-electron chi connectivity index (χ1n) is 14.5. The molecule has 0 fully saturated rings. The first-order valence-corrected chi connectivity index (χ1v) is 14.5. The smallest absolute Gasteiger partial charge is 0.164 e. The number of hydrogen-bond acceptors (Lipinski definition) is 5. The normalized spacial score (nSPS) is 11.2. The first-order chi connectivity index (χ1) is 21.8. The Kier molecular flexibility index (Phi) is 6.39. The van der Waals surface area contributed by atoms with Crippen molar-refractivity contribution in [3.8, 4) is 56.8 Å². The van der Waals surface area contributed by atoms with Gasteiger partial charge in [-0.25, -0.2) is 24.9 Å². The van der Waals surface area contributed by atoms with Crippen LogP contribution in [0.4, 0.5) is 0 Å². The van der Waals surface area contributed by atoms with Gasteiger partial charge in [0.25, 0.3) is 0 Å². The predicted molar refractivity (Wildman–Crippen MR) is 178 cm³/mol. The van der Waals surface area contributed by atoms with E-state index < -0.39 is 0 Å². The first kappa shape index (κ1) is 25.6. The fourth-order valence-corrected chi connectivity index (χ4v) is 5.55. The van der Waals surface area contributed by atoms with Crippen molar-refractivity contribution < 1.29 is 0 Å². The van der Waals surface area contributed by atoms with Gasteiger partial charge >= 0.3 is 0 Å². The molecule has 2 aromatic heterocycles. The second-order valence-corrected chi connectivity index (χ2v) is 10.6. The van der Waals surface area contributed by atoms with Crippen molar-refractivity contribution >= 4 is 21.7 Å². The minimum Gasteiger partial charge on any atom is -0.228 e. The lowest BCUT2D eigenvalue weighted by atomic mass is 10.0. The molecule has 0 bridgehead atoms. The number of para-hydroxylation sites is 1. The van der Waals surface area contributed by atoms with Crippen LogP contribution < -0.4 is 0 Å². The number of rotatable bonds is 5. The van der Waals surface area contributed by atoms with E-state index in [2.05, 4.69) is 72.8 Å². The molecule has 0 spiro atoms. The summed E-state index contributed by atoms with van der Waals surface area (Å²) < 4.78 is 0. The van der Waals surface area contributed by atoms with E-state index in [1.807, 2.05) is 78.9 Å². The van der Waals surface area contributed by atoms with Gasteiger partial charge in [0.1, 0.15) is 0 Å². The molecular weight excluding hydrogens is 538 g/mol. The summed E-state index contributed by atoms with van der Waals surface area (Å²) in [4.78, 5) is 24.7. The lowest BCUT2D eigenvalue weighted by molar-refractivity contribution is 1.07. The summed E-state index contributed by atoms with van der Waals surface area (Å²) in [5, 5.41) is 3.29. The Balaban J connectivity index is 1.25. The number of benzene rings is 6.